The van der Waals surface area contributed by atoms with E-state index in [4.69, 9.17) is 5.11 Å². The van der Waals surface area contributed by atoms with Crippen LogP contribution in [0.5, 0.6) is 0 Å². The Kier molecular flexibility index (Phi) is 5.36. The van der Waals surface area contributed by atoms with Crippen LogP contribution in [0.3, 0.4) is 0 Å². The first-order chi connectivity index (χ1) is 7.76. The zero-order valence-corrected chi connectivity index (χ0v) is 9.44. The van der Waals surface area contributed by atoms with Gasteiger partial charge in [0.25, 0.3) is 0 Å². The summed E-state index contributed by atoms with van der Waals surface area (Å²) in [5, 5.41) is 14.5. The van der Waals surface area contributed by atoms with Gasteiger partial charge >= 0.3 is 6.03 Å². The molecule has 1 aromatic carbocycles. The molecule has 0 aliphatic rings. The van der Waals surface area contributed by atoms with Crippen LogP contribution in [-0.4, -0.2) is 30.3 Å². The SMILES string of the molecule is CCNC(=O)NC(CO)Cc1ccccc1. The van der Waals surface area contributed by atoms with Gasteiger partial charge in [-0.2, -0.15) is 0 Å². The Balaban J connectivity index is 2.46. The lowest BCUT2D eigenvalue weighted by Gasteiger charge is -2.16. The molecule has 3 N–H and O–H groups in total. The standard InChI is InChI=1S/C12H18N2O2/c1-2-13-12(16)14-11(9-15)8-10-6-4-3-5-7-10/h3-7,11,15H,2,8-9H2,1H3,(H2,13,14,16). The van der Waals surface area contributed by atoms with Crippen LogP contribution in [0, 0.1) is 0 Å². The molecule has 4 heteroatoms. The van der Waals surface area contributed by atoms with Crippen LogP contribution in [0.4, 0.5) is 4.79 Å². The van der Waals surface area contributed by atoms with Crippen molar-refractivity contribution >= 4 is 6.03 Å². The summed E-state index contributed by atoms with van der Waals surface area (Å²) >= 11 is 0. The Morgan fingerprint density at radius 2 is 2.06 bits per heavy atom. The van der Waals surface area contributed by atoms with Gasteiger partial charge in [-0.1, -0.05) is 30.3 Å². The zero-order valence-electron chi connectivity index (χ0n) is 9.44. The van der Waals surface area contributed by atoms with Crippen LogP contribution in [-0.2, 0) is 6.42 Å². The first-order valence-corrected chi connectivity index (χ1v) is 5.45. The molecule has 0 fully saturated rings. The molecule has 1 rings (SSSR count). The van der Waals surface area contributed by atoms with Crippen LogP contribution in [0.15, 0.2) is 30.3 Å². The number of carbonyl (C=O) groups excluding carboxylic acids is 1. The number of benzene rings is 1. The van der Waals surface area contributed by atoms with Crippen LogP contribution in [0.2, 0.25) is 0 Å². The van der Waals surface area contributed by atoms with Crippen LogP contribution >= 0.6 is 0 Å². The van der Waals surface area contributed by atoms with Gasteiger partial charge in [-0.25, -0.2) is 4.79 Å². The van der Waals surface area contributed by atoms with Crippen molar-refractivity contribution in [3.63, 3.8) is 0 Å². The molecule has 0 saturated carbocycles. The highest BCUT2D eigenvalue weighted by Gasteiger charge is 2.10. The van der Waals surface area contributed by atoms with E-state index in [9.17, 15) is 4.79 Å². The third kappa shape index (κ3) is 4.31. The van der Waals surface area contributed by atoms with Gasteiger partial charge in [0.15, 0.2) is 0 Å². The van der Waals surface area contributed by atoms with Gasteiger partial charge in [0.1, 0.15) is 0 Å². The molecule has 0 heterocycles. The average Bonchev–Trinajstić information content (AvgIpc) is 2.30. The Hall–Kier alpha value is -1.55. The van der Waals surface area contributed by atoms with E-state index in [2.05, 4.69) is 10.6 Å². The molecule has 0 aliphatic heterocycles. The van der Waals surface area contributed by atoms with Gasteiger partial charge in [0.05, 0.1) is 12.6 Å². The summed E-state index contributed by atoms with van der Waals surface area (Å²) < 4.78 is 0. The monoisotopic (exact) mass is 222 g/mol. The number of urea groups is 1. The first kappa shape index (κ1) is 12.5. The van der Waals surface area contributed by atoms with Gasteiger partial charge in [-0.05, 0) is 18.9 Å². The molecule has 1 unspecified atom stereocenters. The number of carbonyl (C=O) groups is 1. The number of hydrogen-bond acceptors (Lipinski definition) is 2. The first-order valence-electron chi connectivity index (χ1n) is 5.45. The van der Waals surface area contributed by atoms with Crippen molar-refractivity contribution in [2.45, 2.75) is 19.4 Å². The highest BCUT2D eigenvalue weighted by molar-refractivity contribution is 5.74. The lowest BCUT2D eigenvalue weighted by atomic mass is 10.1. The number of rotatable bonds is 5. The predicted octanol–water partition coefficient (Wildman–Crippen LogP) is 0.909. The Labute approximate surface area is 95.7 Å². The molecule has 0 bridgehead atoms. The lowest BCUT2D eigenvalue weighted by molar-refractivity contribution is 0.216. The van der Waals surface area contributed by atoms with Crippen molar-refractivity contribution < 1.29 is 9.90 Å². The van der Waals surface area contributed by atoms with E-state index in [1.807, 2.05) is 37.3 Å². The van der Waals surface area contributed by atoms with E-state index in [1.54, 1.807) is 0 Å². The zero-order chi connectivity index (χ0) is 11.8. The summed E-state index contributed by atoms with van der Waals surface area (Å²) in [6.45, 7) is 2.37. The molecule has 88 valence electrons. The van der Waals surface area contributed by atoms with Gasteiger partial charge in [-0.15, -0.1) is 0 Å². The minimum Gasteiger partial charge on any atom is -0.394 e. The van der Waals surface area contributed by atoms with Crippen molar-refractivity contribution in [3.8, 4) is 0 Å². The summed E-state index contributed by atoms with van der Waals surface area (Å²) in [5.74, 6) is 0. The number of hydrogen-bond donors (Lipinski definition) is 3. The molecule has 16 heavy (non-hydrogen) atoms. The predicted molar refractivity (Wildman–Crippen MR) is 63.2 cm³/mol. The summed E-state index contributed by atoms with van der Waals surface area (Å²) in [5.41, 5.74) is 1.10. The molecule has 2 amide bonds. The third-order valence-corrected chi connectivity index (χ3v) is 2.22. The van der Waals surface area contributed by atoms with E-state index in [1.165, 1.54) is 0 Å². The number of nitrogens with one attached hydrogen (secondary N) is 2. The largest absolute Gasteiger partial charge is 0.394 e. The molecule has 0 saturated heterocycles. The van der Waals surface area contributed by atoms with E-state index < -0.39 is 0 Å². The topological polar surface area (TPSA) is 61.4 Å². The summed E-state index contributed by atoms with van der Waals surface area (Å²) in [6, 6.07) is 9.29. The minimum atomic E-state index is -0.242. The second-order valence-corrected chi connectivity index (χ2v) is 3.57. The Morgan fingerprint density at radius 1 is 1.38 bits per heavy atom. The molecular weight excluding hydrogens is 204 g/mol. The Bertz CT molecular complexity index is 314. The fourth-order valence-electron chi connectivity index (χ4n) is 1.46. The highest BCUT2D eigenvalue weighted by Crippen LogP contribution is 2.02. The lowest BCUT2D eigenvalue weighted by Crippen LogP contribution is -2.44. The smallest absolute Gasteiger partial charge is 0.315 e. The summed E-state index contributed by atoms with van der Waals surface area (Å²) in [7, 11) is 0. The number of aliphatic hydroxyl groups is 1. The molecule has 0 spiro atoms. The maximum Gasteiger partial charge on any atom is 0.315 e. The highest BCUT2D eigenvalue weighted by atomic mass is 16.3. The second-order valence-electron chi connectivity index (χ2n) is 3.57. The number of aliphatic hydroxyl groups excluding tert-OH is 1. The maximum atomic E-state index is 11.3. The molecule has 1 aromatic rings. The van der Waals surface area contributed by atoms with Crippen molar-refractivity contribution in [2.24, 2.45) is 0 Å². The second kappa shape index (κ2) is 6.85. The molecule has 0 aliphatic carbocycles. The van der Waals surface area contributed by atoms with Crippen LogP contribution < -0.4 is 10.6 Å². The minimum absolute atomic E-state index is 0.0635. The third-order valence-electron chi connectivity index (χ3n) is 2.22. The van der Waals surface area contributed by atoms with E-state index in [0.717, 1.165) is 5.56 Å². The van der Waals surface area contributed by atoms with Crippen LogP contribution in [0.1, 0.15) is 12.5 Å². The van der Waals surface area contributed by atoms with Gasteiger partial charge in [0.2, 0.25) is 0 Å². The molecule has 0 aromatic heterocycles. The van der Waals surface area contributed by atoms with Gasteiger partial charge in [0, 0.05) is 6.54 Å². The fraction of sp³-hybridized carbons (Fsp3) is 0.417. The van der Waals surface area contributed by atoms with Gasteiger partial charge in [-0.3, -0.25) is 0 Å². The van der Waals surface area contributed by atoms with Crippen LogP contribution in [0.25, 0.3) is 0 Å². The maximum absolute atomic E-state index is 11.3. The molecular formula is C12H18N2O2. The summed E-state index contributed by atoms with van der Waals surface area (Å²) in [6.07, 6.45) is 0.633. The van der Waals surface area contributed by atoms with Crippen molar-refractivity contribution in [3.05, 3.63) is 35.9 Å². The quantitative estimate of drug-likeness (QED) is 0.693. The summed E-state index contributed by atoms with van der Waals surface area (Å²) in [4.78, 5) is 11.3. The van der Waals surface area contributed by atoms with Crippen molar-refractivity contribution in [1.82, 2.24) is 10.6 Å². The molecule has 0 radical (unpaired) electrons. The molecule has 4 nitrogen and oxygen atoms in total. The average molecular weight is 222 g/mol. The molecule has 1 atom stereocenters. The normalized spacial score (nSPS) is 11.9. The number of amides is 2. The Morgan fingerprint density at radius 3 is 2.62 bits per heavy atom. The van der Waals surface area contributed by atoms with Crippen molar-refractivity contribution in [2.75, 3.05) is 13.2 Å². The van der Waals surface area contributed by atoms with E-state index in [-0.39, 0.29) is 18.7 Å². The van der Waals surface area contributed by atoms with Gasteiger partial charge < -0.3 is 15.7 Å². The van der Waals surface area contributed by atoms with Crippen molar-refractivity contribution in [1.29, 1.82) is 0 Å². The van der Waals surface area contributed by atoms with E-state index in [0.29, 0.717) is 13.0 Å². The van der Waals surface area contributed by atoms with E-state index >= 15 is 0 Å². The fourth-order valence-corrected chi connectivity index (χ4v) is 1.46.